The Hall–Kier alpha value is -0.770. The van der Waals surface area contributed by atoms with Gasteiger partial charge in [-0.25, -0.2) is 4.79 Å². The first-order valence-electron chi connectivity index (χ1n) is 5.70. The van der Waals surface area contributed by atoms with Crippen LogP contribution in [-0.2, 0) is 4.79 Å². The Morgan fingerprint density at radius 2 is 1.81 bits per heavy atom. The highest BCUT2D eigenvalue weighted by atomic mass is 35.5. The zero-order chi connectivity index (χ0) is 12.3. The second-order valence-electron chi connectivity index (χ2n) is 4.45. The summed E-state index contributed by atoms with van der Waals surface area (Å²) in [5.74, 6) is -0.434. The molecule has 3 atom stereocenters. The van der Waals surface area contributed by atoms with Gasteiger partial charge in [0.05, 0.1) is 0 Å². The van der Waals surface area contributed by atoms with Gasteiger partial charge in [-0.1, -0.05) is 0 Å². The molecule has 5 heteroatoms. The van der Waals surface area contributed by atoms with Gasteiger partial charge in [0.2, 0.25) is 5.91 Å². The van der Waals surface area contributed by atoms with E-state index in [4.69, 9.17) is 11.6 Å². The highest BCUT2D eigenvalue weighted by Crippen LogP contribution is 2.22. The fraction of sp³-hybridized carbons (Fsp3) is 0.818. The Morgan fingerprint density at radius 1 is 1.31 bits per heavy atom. The standard InChI is InChI=1S/C11H19ClN2O2/c1-7-5-4-6-8(2)14(7)11(16)13-10(15)9(3)12/h7-9H,4-6H2,1-3H3,(H,13,15,16)/t7-,8+,9?. The van der Waals surface area contributed by atoms with E-state index in [2.05, 4.69) is 5.32 Å². The van der Waals surface area contributed by atoms with Crippen LogP contribution in [0.1, 0.15) is 40.0 Å². The fourth-order valence-corrected chi connectivity index (χ4v) is 2.15. The molecular weight excluding hydrogens is 228 g/mol. The normalized spacial score (nSPS) is 27.4. The van der Waals surface area contributed by atoms with E-state index in [1.165, 1.54) is 0 Å². The third-order valence-electron chi connectivity index (χ3n) is 3.02. The third kappa shape index (κ3) is 3.11. The smallest absolute Gasteiger partial charge is 0.319 e. The number of halogens is 1. The highest BCUT2D eigenvalue weighted by Gasteiger charge is 2.30. The van der Waals surface area contributed by atoms with E-state index in [-0.39, 0.29) is 18.1 Å². The fourth-order valence-electron chi connectivity index (χ4n) is 2.09. The van der Waals surface area contributed by atoms with Gasteiger partial charge in [-0.15, -0.1) is 11.6 Å². The number of alkyl halides is 1. The molecule has 16 heavy (non-hydrogen) atoms. The molecule has 1 fully saturated rings. The van der Waals surface area contributed by atoms with Crippen molar-refractivity contribution in [2.24, 2.45) is 0 Å². The van der Waals surface area contributed by atoms with Gasteiger partial charge in [0.15, 0.2) is 0 Å². The minimum absolute atomic E-state index is 0.183. The summed E-state index contributed by atoms with van der Waals surface area (Å²) in [6.07, 6.45) is 3.11. The molecule has 0 radical (unpaired) electrons. The lowest BCUT2D eigenvalue weighted by atomic mass is 9.98. The molecule has 3 amide bonds. The van der Waals surface area contributed by atoms with E-state index in [1.807, 2.05) is 13.8 Å². The number of imide groups is 1. The predicted octanol–water partition coefficient (Wildman–Crippen LogP) is 2.11. The summed E-state index contributed by atoms with van der Waals surface area (Å²) in [6, 6.07) is 0.0431. The van der Waals surface area contributed by atoms with E-state index < -0.39 is 11.3 Å². The van der Waals surface area contributed by atoms with Gasteiger partial charge >= 0.3 is 6.03 Å². The minimum Gasteiger partial charge on any atom is -0.319 e. The highest BCUT2D eigenvalue weighted by molar-refractivity contribution is 6.31. The summed E-state index contributed by atoms with van der Waals surface area (Å²) >= 11 is 5.60. The molecule has 0 aliphatic carbocycles. The molecule has 1 aliphatic rings. The van der Waals surface area contributed by atoms with Crippen molar-refractivity contribution in [3.63, 3.8) is 0 Å². The van der Waals surface area contributed by atoms with Crippen LogP contribution in [0.4, 0.5) is 4.79 Å². The molecule has 1 saturated heterocycles. The maximum absolute atomic E-state index is 11.9. The molecule has 92 valence electrons. The van der Waals surface area contributed by atoms with Crippen molar-refractivity contribution >= 4 is 23.5 Å². The number of rotatable bonds is 1. The number of carbonyl (C=O) groups is 2. The number of hydrogen-bond donors (Lipinski definition) is 1. The number of hydrogen-bond acceptors (Lipinski definition) is 2. The van der Waals surface area contributed by atoms with Crippen LogP contribution in [0.3, 0.4) is 0 Å². The first-order chi connectivity index (χ1) is 7.43. The lowest BCUT2D eigenvalue weighted by molar-refractivity contribution is -0.119. The number of likely N-dealkylation sites (tertiary alicyclic amines) is 1. The van der Waals surface area contributed by atoms with E-state index in [0.29, 0.717) is 0 Å². The number of amides is 3. The van der Waals surface area contributed by atoms with E-state index in [9.17, 15) is 9.59 Å². The zero-order valence-electron chi connectivity index (χ0n) is 10.00. The van der Waals surface area contributed by atoms with E-state index in [0.717, 1.165) is 19.3 Å². The average Bonchev–Trinajstić information content (AvgIpc) is 2.16. The van der Waals surface area contributed by atoms with Crippen molar-refractivity contribution in [3.8, 4) is 0 Å². The van der Waals surface area contributed by atoms with Gasteiger partial charge < -0.3 is 4.90 Å². The Labute approximate surface area is 101 Å². The van der Waals surface area contributed by atoms with Crippen LogP contribution in [0.2, 0.25) is 0 Å². The van der Waals surface area contributed by atoms with Crippen LogP contribution in [0.5, 0.6) is 0 Å². The maximum Gasteiger partial charge on any atom is 0.324 e. The van der Waals surface area contributed by atoms with Crippen molar-refractivity contribution in [3.05, 3.63) is 0 Å². The lowest BCUT2D eigenvalue weighted by Gasteiger charge is -2.38. The van der Waals surface area contributed by atoms with Crippen molar-refractivity contribution < 1.29 is 9.59 Å². The van der Waals surface area contributed by atoms with Crippen LogP contribution < -0.4 is 5.32 Å². The van der Waals surface area contributed by atoms with Gasteiger partial charge in [-0.3, -0.25) is 10.1 Å². The van der Waals surface area contributed by atoms with Crippen LogP contribution in [0.25, 0.3) is 0 Å². The molecule has 0 spiro atoms. The molecular formula is C11H19ClN2O2. The topological polar surface area (TPSA) is 49.4 Å². The summed E-state index contributed by atoms with van der Waals surface area (Å²) in [4.78, 5) is 24.9. The largest absolute Gasteiger partial charge is 0.324 e. The molecule has 0 bridgehead atoms. The van der Waals surface area contributed by atoms with Crippen molar-refractivity contribution in [2.75, 3.05) is 0 Å². The summed E-state index contributed by atoms with van der Waals surface area (Å²) in [5.41, 5.74) is 0. The summed E-state index contributed by atoms with van der Waals surface area (Å²) in [7, 11) is 0. The Morgan fingerprint density at radius 3 is 2.25 bits per heavy atom. The first kappa shape index (κ1) is 13.3. The lowest BCUT2D eigenvalue weighted by Crippen LogP contribution is -2.53. The van der Waals surface area contributed by atoms with Crippen LogP contribution in [-0.4, -0.2) is 34.3 Å². The van der Waals surface area contributed by atoms with Gasteiger partial charge in [0.25, 0.3) is 0 Å². The predicted molar refractivity (Wildman–Crippen MR) is 63.5 cm³/mol. The number of carbonyl (C=O) groups excluding carboxylic acids is 2. The molecule has 1 unspecified atom stereocenters. The number of piperidine rings is 1. The SMILES string of the molecule is CC(Cl)C(=O)NC(=O)N1[C@H](C)CCC[C@@H]1C. The molecule has 0 aromatic carbocycles. The molecule has 1 N–H and O–H groups in total. The average molecular weight is 247 g/mol. The minimum atomic E-state index is -0.681. The summed E-state index contributed by atoms with van der Waals surface area (Å²) < 4.78 is 0. The number of nitrogens with zero attached hydrogens (tertiary/aromatic N) is 1. The van der Waals surface area contributed by atoms with Crippen LogP contribution >= 0.6 is 11.6 Å². The van der Waals surface area contributed by atoms with Crippen molar-refractivity contribution in [1.29, 1.82) is 0 Å². The molecule has 0 aromatic heterocycles. The molecule has 0 saturated carbocycles. The molecule has 0 aromatic rings. The monoisotopic (exact) mass is 246 g/mol. The summed E-state index contributed by atoms with van der Waals surface area (Å²) in [5, 5.41) is 1.64. The molecule has 1 aliphatic heterocycles. The number of nitrogens with one attached hydrogen (secondary N) is 1. The van der Waals surface area contributed by atoms with Crippen LogP contribution in [0, 0.1) is 0 Å². The Bertz CT molecular complexity index is 271. The van der Waals surface area contributed by atoms with Gasteiger partial charge in [-0.2, -0.15) is 0 Å². The zero-order valence-corrected chi connectivity index (χ0v) is 10.8. The second kappa shape index (κ2) is 5.53. The third-order valence-corrected chi connectivity index (χ3v) is 3.22. The van der Waals surface area contributed by atoms with Crippen LogP contribution in [0.15, 0.2) is 0 Å². The van der Waals surface area contributed by atoms with E-state index >= 15 is 0 Å². The Balaban J connectivity index is 2.61. The van der Waals surface area contributed by atoms with Gasteiger partial charge in [0.1, 0.15) is 5.38 Å². The molecule has 4 nitrogen and oxygen atoms in total. The quantitative estimate of drug-likeness (QED) is 0.721. The molecule has 1 rings (SSSR count). The number of urea groups is 1. The van der Waals surface area contributed by atoms with Gasteiger partial charge in [0, 0.05) is 12.1 Å². The maximum atomic E-state index is 11.9. The van der Waals surface area contributed by atoms with E-state index in [1.54, 1.807) is 11.8 Å². The van der Waals surface area contributed by atoms with Crippen molar-refractivity contribution in [1.82, 2.24) is 10.2 Å². The van der Waals surface area contributed by atoms with Gasteiger partial charge in [-0.05, 0) is 40.0 Å². The van der Waals surface area contributed by atoms with Crippen molar-refractivity contribution in [2.45, 2.75) is 57.5 Å². The molecule has 1 heterocycles. The first-order valence-corrected chi connectivity index (χ1v) is 6.14. The Kier molecular flexibility index (Phi) is 4.59. The second-order valence-corrected chi connectivity index (χ2v) is 5.10. The summed E-state index contributed by atoms with van der Waals surface area (Å²) in [6.45, 7) is 5.56.